The molecule has 1 saturated heterocycles. The summed E-state index contributed by atoms with van der Waals surface area (Å²) in [6.45, 7) is 12.8. The predicted octanol–water partition coefficient (Wildman–Crippen LogP) is 6.63. The fourth-order valence-corrected chi connectivity index (χ4v) is 2.70. The van der Waals surface area contributed by atoms with Crippen LogP contribution < -0.4 is 4.74 Å². The molecule has 0 unspecified atom stereocenters. The highest BCUT2D eigenvalue weighted by Gasteiger charge is 2.31. The van der Waals surface area contributed by atoms with Crippen LogP contribution in [-0.4, -0.2) is 24.4 Å². The van der Waals surface area contributed by atoms with Crippen LogP contribution in [0.15, 0.2) is 22.7 Å². The zero-order valence-corrected chi connectivity index (χ0v) is 16.8. The third-order valence-electron chi connectivity index (χ3n) is 3.52. The van der Waals surface area contributed by atoms with Crippen LogP contribution >= 0.6 is 15.9 Å². The fourth-order valence-electron chi connectivity index (χ4n) is 2.33. The van der Waals surface area contributed by atoms with Crippen LogP contribution in [0.5, 0.6) is 5.75 Å². The zero-order valence-electron chi connectivity index (χ0n) is 15.2. The molecule has 1 aromatic carbocycles. The van der Waals surface area contributed by atoms with E-state index >= 15 is 0 Å². The molecule has 0 aliphatic carbocycles. The molecule has 24 heavy (non-hydrogen) atoms. The van der Waals surface area contributed by atoms with Gasteiger partial charge in [-0.15, -0.1) is 13.2 Å². The van der Waals surface area contributed by atoms with Gasteiger partial charge in [-0.05, 0) is 55.6 Å². The van der Waals surface area contributed by atoms with E-state index < -0.39 is 6.36 Å². The third kappa shape index (κ3) is 8.92. The highest BCUT2D eigenvalue weighted by Crippen LogP contribution is 2.29. The summed E-state index contributed by atoms with van der Waals surface area (Å²) in [4.78, 5) is 2.26. The van der Waals surface area contributed by atoms with Gasteiger partial charge in [-0.1, -0.05) is 50.5 Å². The molecule has 0 spiro atoms. The van der Waals surface area contributed by atoms with E-state index in [9.17, 15) is 13.2 Å². The van der Waals surface area contributed by atoms with Crippen molar-refractivity contribution in [3.8, 4) is 5.75 Å². The first-order valence-electron chi connectivity index (χ1n) is 8.60. The average molecular weight is 412 g/mol. The number of hydrogen-bond acceptors (Lipinski definition) is 2. The van der Waals surface area contributed by atoms with Gasteiger partial charge in [0.2, 0.25) is 0 Å². The van der Waals surface area contributed by atoms with Gasteiger partial charge in [0.25, 0.3) is 0 Å². The van der Waals surface area contributed by atoms with Crippen molar-refractivity contribution >= 4 is 15.9 Å². The summed E-state index contributed by atoms with van der Waals surface area (Å²) >= 11 is 3.39. The summed E-state index contributed by atoms with van der Waals surface area (Å²) in [7, 11) is 0. The van der Waals surface area contributed by atoms with Gasteiger partial charge in [-0.3, -0.25) is 4.90 Å². The minimum atomic E-state index is -4.65. The van der Waals surface area contributed by atoms with Crippen molar-refractivity contribution in [2.75, 3.05) is 13.1 Å². The van der Waals surface area contributed by atoms with Crippen LogP contribution in [0.25, 0.3) is 0 Å². The average Bonchev–Trinajstić information content (AvgIpc) is 2.55. The topological polar surface area (TPSA) is 12.5 Å². The predicted molar refractivity (Wildman–Crippen MR) is 97.2 cm³/mol. The van der Waals surface area contributed by atoms with Gasteiger partial charge < -0.3 is 4.74 Å². The third-order valence-corrected chi connectivity index (χ3v) is 4.29. The summed E-state index contributed by atoms with van der Waals surface area (Å²) in [5, 5.41) is 0. The molecule has 0 radical (unpaired) electrons. The van der Waals surface area contributed by atoms with E-state index in [1.54, 1.807) is 6.07 Å². The quantitative estimate of drug-likeness (QED) is 0.552. The lowest BCUT2D eigenvalue weighted by atomic mass is 9.99. The first-order chi connectivity index (χ1) is 11.3. The Morgan fingerprint density at radius 1 is 1.12 bits per heavy atom. The van der Waals surface area contributed by atoms with E-state index in [1.165, 1.54) is 12.1 Å². The van der Waals surface area contributed by atoms with Crippen LogP contribution in [0, 0.1) is 5.92 Å². The molecule has 1 aliphatic heterocycles. The molecular weight excluding hydrogens is 383 g/mol. The van der Waals surface area contributed by atoms with Crippen LogP contribution in [0.4, 0.5) is 13.2 Å². The Morgan fingerprint density at radius 2 is 1.67 bits per heavy atom. The second-order valence-corrected chi connectivity index (χ2v) is 6.11. The van der Waals surface area contributed by atoms with Gasteiger partial charge in [0.1, 0.15) is 5.75 Å². The van der Waals surface area contributed by atoms with E-state index in [2.05, 4.69) is 32.5 Å². The summed E-state index contributed by atoms with van der Waals surface area (Å²) in [6.07, 6.45) is -2.38. The largest absolute Gasteiger partial charge is 0.573 e. The normalized spacial score (nSPS) is 15.7. The maximum absolute atomic E-state index is 12.2. The Morgan fingerprint density at radius 3 is 2.17 bits per heavy atom. The Balaban J connectivity index is 0.00000123. The van der Waals surface area contributed by atoms with Gasteiger partial charge in [0.15, 0.2) is 0 Å². The number of benzene rings is 1. The van der Waals surface area contributed by atoms with E-state index in [4.69, 9.17) is 0 Å². The highest BCUT2D eigenvalue weighted by molar-refractivity contribution is 9.10. The molecule has 2 nitrogen and oxygen atoms in total. The maximum atomic E-state index is 12.2. The van der Waals surface area contributed by atoms with Gasteiger partial charge >= 0.3 is 6.36 Å². The second kappa shape index (κ2) is 11.7. The summed E-state index contributed by atoms with van der Waals surface area (Å²) in [5.74, 6) is 0.565. The van der Waals surface area contributed by atoms with E-state index in [-0.39, 0.29) is 5.75 Å². The number of likely N-dealkylation sites (tertiary alicyclic amines) is 1. The van der Waals surface area contributed by atoms with Crippen molar-refractivity contribution in [2.45, 2.75) is 60.4 Å². The van der Waals surface area contributed by atoms with Crippen molar-refractivity contribution in [1.82, 2.24) is 4.90 Å². The van der Waals surface area contributed by atoms with Crippen molar-refractivity contribution in [2.24, 2.45) is 5.92 Å². The molecule has 1 aliphatic rings. The van der Waals surface area contributed by atoms with Gasteiger partial charge in [0.05, 0.1) is 0 Å². The van der Waals surface area contributed by atoms with Crippen molar-refractivity contribution in [3.05, 3.63) is 28.2 Å². The molecule has 0 bridgehead atoms. The Bertz CT molecular complexity index is 458. The number of halogens is 4. The fraction of sp³-hybridized carbons (Fsp3) is 0.667. The van der Waals surface area contributed by atoms with Crippen molar-refractivity contribution in [1.29, 1.82) is 0 Å². The highest BCUT2D eigenvalue weighted by atomic mass is 79.9. The Labute approximate surface area is 152 Å². The molecule has 1 fully saturated rings. The molecule has 6 heteroatoms. The van der Waals surface area contributed by atoms with Gasteiger partial charge in [-0.2, -0.15) is 0 Å². The lowest BCUT2D eigenvalue weighted by Crippen LogP contribution is -2.32. The van der Waals surface area contributed by atoms with Crippen LogP contribution in [0.1, 0.15) is 53.0 Å². The summed E-state index contributed by atoms with van der Waals surface area (Å²) in [5.41, 5.74) is 0.821. The minimum Gasteiger partial charge on any atom is -0.406 e. The molecule has 2 rings (SSSR count). The molecule has 140 valence electrons. The number of piperidine rings is 1. The van der Waals surface area contributed by atoms with E-state index in [1.807, 2.05) is 27.7 Å². The second-order valence-electron chi connectivity index (χ2n) is 5.26. The number of alkyl halides is 3. The van der Waals surface area contributed by atoms with Gasteiger partial charge in [0, 0.05) is 11.0 Å². The molecule has 0 atom stereocenters. The van der Waals surface area contributed by atoms with Crippen molar-refractivity contribution < 1.29 is 17.9 Å². The van der Waals surface area contributed by atoms with E-state index in [0.29, 0.717) is 6.54 Å². The standard InChI is InChI=1S/C14H17BrF3NO.2C2H6/c1-10-4-6-19(7-5-10)9-11-8-12(2-3-13(11)15)20-14(16,17)18;2*1-2/h2-3,8,10H,4-7,9H2,1H3;2*1-2H3. The lowest BCUT2D eigenvalue weighted by Gasteiger charge is -2.30. The molecule has 0 aromatic heterocycles. The van der Waals surface area contributed by atoms with Crippen LogP contribution in [0.2, 0.25) is 0 Å². The molecule has 0 N–H and O–H groups in total. The number of nitrogens with zero attached hydrogens (tertiary/aromatic N) is 1. The van der Waals surface area contributed by atoms with Crippen molar-refractivity contribution in [3.63, 3.8) is 0 Å². The smallest absolute Gasteiger partial charge is 0.406 e. The number of rotatable bonds is 3. The molecule has 0 saturated carbocycles. The first kappa shape index (κ1) is 23.2. The van der Waals surface area contributed by atoms with Crippen LogP contribution in [0.3, 0.4) is 0 Å². The number of hydrogen-bond donors (Lipinski definition) is 0. The lowest BCUT2D eigenvalue weighted by molar-refractivity contribution is -0.274. The summed E-state index contributed by atoms with van der Waals surface area (Å²) < 4.78 is 41.5. The SMILES string of the molecule is CC.CC.CC1CCN(Cc2cc(OC(F)(F)F)ccc2Br)CC1. The van der Waals surface area contributed by atoms with E-state index in [0.717, 1.165) is 41.9 Å². The summed E-state index contributed by atoms with van der Waals surface area (Å²) in [6, 6.07) is 4.37. The zero-order chi connectivity index (χ0) is 18.8. The number of ether oxygens (including phenoxy) is 1. The van der Waals surface area contributed by atoms with Crippen LogP contribution in [-0.2, 0) is 6.54 Å². The molecule has 1 heterocycles. The Hall–Kier alpha value is -0.750. The van der Waals surface area contributed by atoms with Gasteiger partial charge in [-0.25, -0.2) is 0 Å². The monoisotopic (exact) mass is 411 g/mol. The minimum absolute atomic E-state index is 0.166. The molecular formula is C18H29BrF3NO. The molecule has 0 amide bonds. The first-order valence-corrected chi connectivity index (χ1v) is 9.39. The molecule has 1 aromatic rings. The Kier molecular flexibility index (Phi) is 11.4. The maximum Gasteiger partial charge on any atom is 0.573 e.